The number of hydrogen-bond acceptors (Lipinski definition) is 3. The molecule has 0 fully saturated rings. The molecule has 0 aliphatic heterocycles. The minimum absolute atomic E-state index is 0.221. The van der Waals surface area contributed by atoms with Crippen molar-refractivity contribution in [2.75, 3.05) is 19.0 Å². The van der Waals surface area contributed by atoms with Gasteiger partial charge in [0.15, 0.2) is 0 Å². The Morgan fingerprint density at radius 1 is 1.25 bits per heavy atom. The summed E-state index contributed by atoms with van der Waals surface area (Å²) >= 11 is 0. The van der Waals surface area contributed by atoms with Gasteiger partial charge in [0.25, 0.3) is 0 Å². The molecule has 16 heavy (non-hydrogen) atoms. The maximum absolute atomic E-state index is 10.8. The van der Waals surface area contributed by atoms with E-state index >= 15 is 0 Å². The SMILES string of the molecule is CN(C)c1ccc(CNC(=O)C(=O)O)cc1. The van der Waals surface area contributed by atoms with Crippen LogP contribution in [0.15, 0.2) is 24.3 Å². The number of hydrogen-bond donors (Lipinski definition) is 2. The second-order valence-corrected chi connectivity index (χ2v) is 3.55. The van der Waals surface area contributed by atoms with Gasteiger partial charge in [-0.15, -0.1) is 0 Å². The summed E-state index contributed by atoms with van der Waals surface area (Å²) < 4.78 is 0. The summed E-state index contributed by atoms with van der Waals surface area (Å²) in [5, 5.41) is 10.7. The highest BCUT2D eigenvalue weighted by molar-refractivity contribution is 6.31. The molecule has 1 aromatic carbocycles. The molecule has 0 aromatic heterocycles. The Morgan fingerprint density at radius 3 is 2.25 bits per heavy atom. The topological polar surface area (TPSA) is 69.6 Å². The summed E-state index contributed by atoms with van der Waals surface area (Å²) in [6.07, 6.45) is 0. The van der Waals surface area contributed by atoms with Crippen molar-refractivity contribution in [3.05, 3.63) is 29.8 Å². The van der Waals surface area contributed by atoms with E-state index in [0.717, 1.165) is 11.3 Å². The number of carboxylic acid groups (broad SMARTS) is 1. The lowest BCUT2D eigenvalue weighted by Crippen LogP contribution is -2.30. The quantitative estimate of drug-likeness (QED) is 0.729. The molecule has 1 rings (SSSR count). The smallest absolute Gasteiger partial charge is 0.394 e. The van der Waals surface area contributed by atoms with E-state index in [1.807, 2.05) is 43.3 Å². The maximum Gasteiger partial charge on any atom is 0.394 e. The normalized spacial score (nSPS) is 9.62. The largest absolute Gasteiger partial charge is 0.474 e. The van der Waals surface area contributed by atoms with Gasteiger partial charge in [0, 0.05) is 26.3 Å². The molecule has 0 atom stereocenters. The van der Waals surface area contributed by atoms with Crippen molar-refractivity contribution in [1.82, 2.24) is 5.32 Å². The third kappa shape index (κ3) is 3.27. The van der Waals surface area contributed by atoms with Gasteiger partial charge in [-0.25, -0.2) is 4.79 Å². The lowest BCUT2D eigenvalue weighted by molar-refractivity contribution is -0.150. The summed E-state index contributed by atoms with van der Waals surface area (Å²) in [7, 11) is 3.86. The molecular formula is C11H14N2O3. The van der Waals surface area contributed by atoms with Gasteiger partial charge in [0.1, 0.15) is 0 Å². The summed E-state index contributed by atoms with van der Waals surface area (Å²) in [4.78, 5) is 23.0. The van der Waals surface area contributed by atoms with Crippen LogP contribution in [0.4, 0.5) is 5.69 Å². The minimum Gasteiger partial charge on any atom is -0.474 e. The third-order valence-corrected chi connectivity index (χ3v) is 2.10. The van der Waals surface area contributed by atoms with E-state index in [0.29, 0.717) is 0 Å². The minimum atomic E-state index is -1.47. The molecule has 0 spiro atoms. The zero-order chi connectivity index (χ0) is 12.1. The van der Waals surface area contributed by atoms with Crippen molar-refractivity contribution in [3.63, 3.8) is 0 Å². The predicted molar refractivity (Wildman–Crippen MR) is 60.3 cm³/mol. The fraction of sp³-hybridized carbons (Fsp3) is 0.273. The number of nitrogens with zero attached hydrogens (tertiary/aromatic N) is 1. The van der Waals surface area contributed by atoms with E-state index in [-0.39, 0.29) is 6.54 Å². The van der Waals surface area contributed by atoms with Crippen LogP contribution < -0.4 is 10.2 Å². The predicted octanol–water partition coefficient (Wildman–Crippen LogP) is 0.453. The van der Waals surface area contributed by atoms with E-state index < -0.39 is 11.9 Å². The van der Waals surface area contributed by atoms with Crippen LogP contribution in [-0.2, 0) is 16.1 Å². The average Bonchev–Trinajstić information content (AvgIpc) is 2.26. The first kappa shape index (κ1) is 12.0. The maximum atomic E-state index is 10.8. The average molecular weight is 222 g/mol. The molecule has 0 heterocycles. The molecule has 0 unspecified atom stereocenters. The molecule has 0 bridgehead atoms. The first-order valence-electron chi connectivity index (χ1n) is 4.78. The van der Waals surface area contributed by atoms with Gasteiger partial charge in [-0.1, -0.05) is 12.1 Å². The van der Waals surface area contributed by atoms with Gasteiger partial charge < -0.3 is 15.3 Å². The van der Waals surface area contributed by atoms with Gasteiger partial charge in [0.05, 0.1) is 0 Å². The van der Waals surface area contributed by atoms with Gasteiger partial charge in [0.2, 0.25) is 0 Å². The number of anilines is 1. The van der Waals surface area contributed by atoms with Gasteiger partial charge in [-0.3, -0.25) is 4.79 Å². The van der Waals surface area contributed by atoms with Crippen LogP contribution >= 0.6 is 0 Å². The van der Waals surface area contributed by atoms with Gasteiger partial charge >= 0.3 is 11.9 Å². The molecule has 0 aliphatic carbocycles. The number of benzene rings is 1. The van der Waals surface area contributed by atoms with Crippen molar-refractivity contribution >= 4 is 17.6 Å². The van der Waals surface area contributed by atoms with E-state index in [4.69, 9.17) is 5.11 Å². The van der Waals surface area contributed by atoms with E-state index in [9.17, 15) is 9.59 Å². The van der Waals surface area contributed by atoms with Crippen molar-refractivity contribution in [2.24, 2.45) is 0 Å². The Labute approximate surface area is 93.7 Å². The van der Waals surface area contributed by atoms with Crippen LogP contribution in [0.2, 0.25) is 0 Å². The highest BCUT2D eigenvalue weighted by Crippen LogP contribution is 2.11. The third-order valence-electron chi connectivity index (χ3n) is 2.10. The van der Waals surface area contributed by atoms with Crippen molar-refractivity contribution < 1.29 is 14.7 Å². The molecule has 0 aliphatic rings. The molecule has 0 saturated heterocycles. The summed E-state index contributed by atoms with van der Waals surface area (Å²) in [5.41, 5.74) is 1.91. The molecule has 5 nitrogen and oxygen atoms in total. The number of amides is 1. The lowest BCUT2D eigenvalue weighted by atomic mass is 10.2. The second-order valence-electron chi connectivity index (χ2n) is 3.55. The summed E-state index contributed by atoms with van der Waals surface area (Å²) in [5.74, 6) is -2.46. The highest BCUT2D eigenvalue weighted by atomic mass is 16.4. The zero-order valence-electron chi connectivity index (χ0n) is 9.23. The fourth-order valence-corrected chi connectivity index (χ4v) is 1.17. The molecular weight excluding hydrogens is 208 g/mol. The molecule has 5 heteroatoms. The lowest BCUT2D eigenvalue weighted by Gasteiger charge is -2.12. The van der Waals surface area contributed by atoms with E-state index in [2.05, 4.69) is 5.32 Å². The van der Waals surface area contributed by atoms with Gasteiger partial charge in [-0.2, -0.15) is 0 Å². The molecule has 1 amide bonds. The summed E-state index contributed by atoms with van der Waals surface area (Å²) in [6, 6.07) is 7.50. The number of nitrogens with one attached hydrogen (secondary N) is 1. The number of rotatable bonds is 3. The Hall–Kier alpha value is -2.04. The summed E-state index contributed by atoms with van der Waals surface area (Å²) in [6.45, 7) is 0.221. The number of aliphatic carboxylic acids is 1. The first-order chi connectivity index (χ1) is 7.50. The number of carbonyl (C=O) groups is 2. The van der Waals surface area contributed by atoms with E-state index in [1.165, 1.54) is 0 Å². The Morgan fingerprint density at radius 2 is 1.81 bits per heavy atom. The van der Waals surface area contributed by atoms with Crippen LogP contribution in [0.5, 0.6) is 0 Å². The van der Waals surface area contributed by atoms with E-state index in [1.54, 1.807) is 0 Å². The van der Waals surface area contributed by atoms with Crippen molar-refractivity contribution in [1.29, 1.82) is 0 Å². The Balaban J connectivity index is 2.56. The number of carboxylic acids is 1. The Kier molecular flexibility index (Phi) is 3.88. The second kappa shape index (κ2) is 5.16. The van der Waals surface area contributed by atoms with Crippen molar-refractivity contribution in [3.8, 4) is 0 Å². The molecule has 1 aromatic rings. The van der Waals surface area contributed by atoms with Gasteiger partial charge in [-0.05, 0) is 17.7 Å². The molecule has 0 radical (unpaired) electrons. The molecule has 0 saturated carbocycles. The standard InChI is InChI=1S/C11H14N2O3/c1-13(2)9-5-3-8(4-6-9)7-12-10(14)11(15)16/h3-6H,7H2,1-2H3,(H,12,14)(H,15,16). The van der Waals surface area contributed by atoms with Crippen LogP contribution in [0.25, 0.3) is 0 Å². The van der Waals surface area contributed by atoms with Crippen LogP contribution in [0.3, 0.4) is 0 Å². The zero-order valence-corrected chi connectivity index (χ0v) is 9.23. The first-order valence-corrected chi connectivity index (χ1v) is 4.78. The molecule has 2 N–H and O–H groups in total. The monoisotopic (exact) mass is 222 g/mol. The number of carbonyl (C=O) groups excluding carboxylic acids is 1. The van der Waals surface area contributed by atoms with Crippen LogP contribution in [0.1, 0.15) is 5.56 Å². The molecule has 86 valence electrons. The van der Waals surface area contributed by atoms with Crippen molar-refractivity contribution in [2.45, 2.75) is 6.54 Å². The van der Waals surface area contributed by atoms with Crippen LogP contribution in [0, 0.1) is 0 Å². The highest BCUT2D eigenvalue weighted by Gasteiger charge is 2.09. The van der Waals surface area contributed by atoms with Crippen LogP contribution in [-0.4, -0.2) is 31.1 Å². The fourth-order valence-electron chi connectivity index (χ4n) is 1.17. The Bertz CT molecular complexity index is 385.